The van der Waals surface area contributed by atoms with Gasteiger partial charge in [0.1, 0.15) is 0 Å². The highest BCUT2D eigenvalue weighted by molar-refractivity contribution is 9.10. The summed E-state index contributed by atoms with van der Waals surface area (Å²) in [6.45, 7) is 2.18. The van der Waals surface area contributed by atoms with E-state index < -0.39 is 0 Å². The van der Waals surface area contributed by atoms with Crippen LogP contribution in [0.2, 0.25) is 0 Å². The number of rotatable bonds is 2. The average Bonchev–Trinajstić information content (AvgIpc) is 2.65. The molecule has 3 heteroatoms. The van der Waals surface area contributed by atoms with Gasteiger partial charge >= 0.3 is 0 Å². The third-order valence-corrected chi connectivity index (χ3v) is 4.34. The average molecular weight is 290 g/mol. The van der Waals surface area contributed by atoms with Crippen LogP contribution in [0.1, 0.15) is 18.1 Å². The Kier molecular flexibility index (Phi) is 3.15. The molecule has 14 heavy (non-hydrogen) atoms. The van der Waals surface area contributed by atoms with Crippen LogP contribution < -0.4 is 0 Å². The van der Waals surface area contributed by atoms with Crippen LogP contribution in [0.25, 0.3) is 10.1 Å². The van der Waals surface area contributed by atoms with Crippen LogP contribution in [0.4, 0.5) is 0 Å². The summed E-state index contributed by atoms with van der Waals surface area (Å²) in [7, 11) is 0. The molecule has 2 aromatic rings. The molecular formula is C11H10BrClS. The molecule has 2 rings (SSSR count). The summed E-state index contributed by atoms with van der Waals surface area (Å²) in [6, 6.07) is 4.30. The molecule has 0 radical (unpaired) electrons. The third-order valence-electron chi connectivity index (χ3n) is 2.37. The molecule has 0 saturated heterocycles. The first kappa shape index (κ1) is 10.5. The van der Waals surface area contributed by atoms with E-state index in [4.69, 9.17) is 11.6 Å². The monoisotopic (exact) mass is 288 g/mol. The second kappa shape index (κ2) is 4.21. The highest BCUT2D eigenvalue weighted by Gasteiger charge is 2.09. The van der Waals surface area contributed by atoms with Crippen LogP contribution in [0.3, 0.4) is 0 Å². The van der Waals surface area contributed by atoms with Gasteiger partial charge in [-0.15, -0.1) is 22.9 Å². The Labute approximate surface area is 101 Å². The van der Waals surface area contributed by atoms with Crippen molar-refractivity contribution in [2.24, 2.45) is 0 Å². The topological polar surface area (TPSA) is 0 Å². The fraction of sp³-hybridized carbons (Fsp3) is 0.273. The Balaban J connectivity index is 2.81. The van der Waals surface area contributed by atoms with E-state index in [1.807, 2.05) is 0 Å². The second-order valence-electron chi connectivity index (χ2n) is 3.15. The molecule has 0 amide bonds. The van der Waals surface area contributed by atoms with Crippen molar-refractivity contribution in [1.29, 1.82) is 0 Å². The van der Waals surface area contributed by atoms with Crippen molar-refractivity contribution >= 4 is 49.0 Å². The Morgan fingerprint density at radius 3 is 2.93 bits per heavy atom. The molecule has 0 atom stereocenters. The van der Waals surface area contributed by atoms with Gasteiger partial charge in [0.25, 0.3) is 0 Å². The van der Waals surface area contributed by atoms with E-state index in [2.05, 4.69) is 40.4 Å². The lowest BCUT2D eigenvalue weighted by Gasteiger charge is -2.06. The lowest BCUT2D eigenvalue weighted by atomic mass is 10.1. The Morgan fingerprint density at radius 2 is 2.29 bits per heavy atom. The van der Waals surface area contributed by atoms with E-state index in [1.54, 1.807) is 11.3 Å². The van der Waals surface area contributed by atoms with Gasteiger partial charge in [-0.05, 0) is 40.4 Å². The van der Waals surface area contributed by atoms with Gasteiger partial charge in [0.05, 0.1) is 0 Å². The summed E-state index contributed by atoms with van der Waals surface area (Å²) in [5.41, 5.74) is 2.61. The minimum Gasteiger partial charge on any atom is -0.143 e. The van der Waals surface area contributed by atoms with Crippen LogP contribution in [-0.2, 0) is 12.3 Å². The van der Waals surface area contributed by atoms with Crippen LogP contribution in [-0.4, -0.2) is 0 Å². The van der Waals surface area contributed by atoms with Gasteiger partial charge in [-0.25, -0.2) is 0 Å². The molecular weight excluding hydrogens is 280 g/mol. The highest BCUT2D eigenvalue weighted by atomic mass is 79.9. The molecule has 1 heterocycles. The van der Waals surface area contributed by atoms with Crippen molar-refractivity contribution in [1.82, 2.24) is 0 Å². The molecule has 0 aliphatic heterocycles. The van der Waals surface area contributed by atoms with Gasteiger partial charge in [-0.2, -0.15) is 0 Å². The van der Waals surface area contributed by atoms with Gasteiger partial charge in [-0.3, -0.25) is 0 Å². The summed E-state index contributed by atoms with van der Waals surface area (Å²) >= 11 is 11.3. The van der Waals surface area contributed by atoms with Crippen molar-refractivity contribution in [3.8, 4) is 0 Å². The minimum atomic E-state index is 0.579. The number of aryl methyl sites for hydroxylation is 1. The van der Waals surface area contributed by atoms with Crippen LogP contribution >= 0.6 is 38.9 Å². The molecule has 0 aliphatic carbocycles. The SMILES string of the molecule is CCc1c(Br)cc(CCl)c2ccsc12. The van der Waals surface area contributed by atoms with E-state index >= 15 is 0 Å². The largest absolute Gasteiger partial charge is 0.143 e. The zero-order valence-corrected chi connectivity index (χ0v) is 11.0. The summed E-state index contributed by atoms with van der Waals surface area (Å²) in [5, 5.41) is 3.44. The van der Waals surface area contributed by atoms with Crippen LogP contribution in [0.5, 0.6) is 0 Å². The third kappa shape index (κ3) is 1.60. The van der Waals surface area contributed by atoms with E-state index in [9.17, 15) is 0 Å². The summed E-state index contributed by atoms with van der Waals surface area (Å²) in [5.74, 6) is 0.579. The van der Waals surface area contributed by atoms with Gasteiger partial charge in [-0.1, -0.05) is 22.9 Å². The Bertz CT molecular complexity index is 462. The van der Waals surface area contributed by atoms with Crippen molar-refractivity contribution < 1.29 is 0 Å². The fourth-order valence-corrected chi connectivity index (χ4v) is 3.83. The number of hydrogen-bond donors (Lipinski definition) is 0. The quantitative estimate of drug-likeness (QED) is 0.685. The van der Waals surface area contributed by atoms with E-state index in [0.717, 1.165) is 6.42 Å². The predicted octanol–water partition coefficient (Wildman–Crippen LogP) is 4.97. The number of alkyl halides is 1. The summed E-state index contributed by atoms with van der Waals surface area (Å²) in [6.07, 6.45) is 1.06. The molecule has 1 aromatic heterocycles. The fourth-order valence-electron chi connectivity index (χ4n) is 1.66. The molecule has 0 fully saturated rings. The molecule has 0 unspecified atom stereocenters. The van der Waals surface area contributed by atoms with Crippen LogP contribution in [0.15, 0.2) is 22.0 Å². The smallest absolute Gasteiger partial charge is 0.0480 e. The van der Waals surface area contributed by atoms with Gasteiger partial charge in [0, 0.05) is 15.1 Å². The molecule has 0 nitrogen and oxygen atoms in total. The molecule has 0 N–H and O–H groups in total. The number of halogens is 2. The molecule has 0 aliphatic rings. The molecule has 0 spiro atoms. The Hall–Kier alpha value is -0.0500. The first-order chi connectivity index (χ1) is 6.77. The minimum absolute atomic E-state index is 0.579. The van der Waals surface area contributed by atoms with E-state index in [-0.39, 0.29) is 0 Å². The number of fused-ring (bicyclic) bond motifs is 1. The maximum absolute atomic E-state index is 5.91. The van der Waals surface area contributed by atoms with E-state index in [1.165, 1.54) is 25.7 Å². The maximum atomic E-state index is 5.91. The molecule has 0 saturated carbocycles. The first-order valence-electron chi connectivity index (χ1n) is 4.51. The maximum Gasteiger partial charge on any atom is 0.0480 e. The van der Waals surface area contributed by atoms with Crippen molar-refractivity contribution in [3.63, 3.8) is 0 Å². The first-order valence-corrected chi connectivity index (χ1v) is 6.72. The second-order valence-corrected chi connectivity index (χ2v) is 5.18. The van der Waals surface area contributed by atoms with Crippen molar-refractivity contribution in [2.75, 3.05) is 0 Å². The van der Waals surface area contributed by atoms with E-state index in [0.29, 0.717) is 5.88 Å². The zero-order valence-electron chi connectivity index (χ0n) is 7.81. The van der Waals surface area contributed by atoms with Gasteiger partial charge < -0.3 is 0 Å². The standard InChI is InChI=1S/C11H10BrClS/c1-2-8-10(12)5-7(6-13)9-3-4-14-11(8)9/h3-5H,2,6H2,1H3. The molecule has 0 bridgehead atoms. The molecule has 74 valence electrons. The van der Waals surface area contributed by atoms with Crippen LogP contribution in [0, 0.1) is 0 Å². The highest BCUT2D eigenvalue weighted by Crippen LogP contribution is 2.34. The van der Waals surface area contributed by atoms with Gasteiger partial charge in [0.15, 0.2) is 0 Å². The number of hydrogen-bond acceptors (Lipinski definition) is 1. The van der Waals surface area contributed by atoms with Crippen molar-refractivity contribution in [2.45, 2.75) is 19.2 Å². The molecule has 1 aromatic carbocycles. The number of thiophene rings is 1. The predicted molar refractivity (Wildman–Crippen MR) is 68.5 cm³/mol. The summed E-state index contributed by atoms with van der Waals surface area (Å²) < 4.78 is 2.56. The van der Waals surface area contributed by atoms with Gasteiger partial charge in [0.2, 0.25) is 0 Å². The number of benzene rings is 1. The van der Waals surface area contributed by atoms with Crippen molar-refractivity contribution in [3.05, 3.63) is 33.1 Å². The summed E-state index contributed by atoms with van der Waals surface area (Å²) in [4.78, 5) is 0. The normalized spacial score (nSPS) is 11.1. The zero-order chi connectivity index (χ0) is 10.1. The lowest BCUT2D eigenvalue weighted by molar-refractivity contribution is 1.15. The Morgan fingerprint density at radius 1 is 1.50 bits per heavy atom. The lowest BCUT2D eigenvalue weighted by Crippen LogP contribution is -1.87.